The fourth-order valence-corrected chi connectivity index (χ4v) is 4.55. The minimum atomic E-state index is -4.52. The zero-order valence-electron chi connectivity index (χ0n) is 18.5. The predicted molar refractivity (Wildman–Crippen MR) is 120 cm³/mol. The van der Waals surface area contributed by atoms with E-state index in [9.17, 15) is 26.3 Å². The van der Waals surface area contributed by atoms with E-state index >= 15 is 0 Å². The van der Waals surface area contributed by atoms with E-state index in [1.54, 1.807) is 4.90 Å². The Balaban J connectivity index is 1.42. The molecule has 0 saturated carbocycles. The summed E-state index contributed by atoms with van der Waals surface area (Å²) in [7, 11) is 0. The highest BCUT2D eigenvalue weighted by atomic mass is 19.4. The van der Waals surface area contributed by atoms with E-state index in [-0.39, 0.29) is 24.4 Å². The van der Waals surface area contributed by atoms with Gasteiger partial charge in [0.05, 0.1) is 22.3 Å². The van der Waals surface area contributed by atoms with E-state index < -0.39 is 23.5 Å². The van der Waals surface area contributed by atoms with Gasteiger partial charge in [-0.05, 0) is 24.3 Å². The number of aromatic amines is 1. The first-order chi connectivity index (χ1) is 16.6. The highest BCUT2D eigenvalue weighted by Crippen LogP contribution is 2.38. The number of rotatable bonds is 3. The van der Waals surface area contributed by atoms with Gasteiger partial charge in [-0.2, -0.15) is 26.3 Å². The second-order valence-electron chi connectivity index (χ2n) is 8.53. The number of nitrogens with zero attached hydrogens (tertiary/aromatic N) is 5. The summed E-state index contributed by atoms with van der Waals surface area (Å²) in [5.41, 5.74) is -0.414. The number of benzene rings is 1. The van der Waals surface area contributed by atoms with Crippen LogP contribution >= 0.6 is 0 Å². The summed E-state index contributed by atoms with van der Waals surface area (Å²) in [6.45, 7) is 3.62. The standard InChI is InChI=1S/C22H23F6N7/c23-21(24,25)14-12-16-18(17(13-14)33-6-4-29-5-7-33)32-20(31-16)35-10-8-34(9-11-35)19-15(22(26,27)28)2-1-3-30-19/h1-3,12-13,29H,4-11H2,(H,31,32). The molecule has 7 nitrogen and oxygen atoms in total. The predicted octanol–water partition coefficient (Wildman–Crippen LogP) is 3.73. The van der Waals surface area contributed by atoms with Crippen LogP contribution in [-0.2, 0) is 12.4 Å². The number of H-pyrrole nitrogens is 1. The zero-order valence-corrected chi connectivity index (χ0v) is 18.5. The van der Waals surface area contributed by atoms with Crippen LogP contribution < -0.4 is 20.0 Å². The molecule has 2 aliphatic rings. The average molecular weight is 499 g/mol. The van der Waals surface area contributed by atoms with Crippen LogP contribution in [0.15, 0.2) is 30.5 Å². The van der Waals surface area contributed by atoms with Crippen LogP contribution in [0.2, 0.25) is 0 Å². The van der Waals surface area contributed by atoms with Gasteiger partial charge < -0.3 is 25.0 Å². The average Bonchev–Trinajstić information content (AvgIpc) is 3.27. The Bertz CT molecular complexity index is 1190. The molecule has 0 radical (unpaired) electrons. The maximum atomic E-state index is 13.6. The molecule has 2 fully saturated rings. The molecule has 0 amide bonds. The third-order valence-corrected chi connectivity index (χ3v) is 6.31. The van der Waals surface area contributed by atoms with Crippen molar-refractivity contribution < 1.29 is 26.3 Å². The van der Waals surface area contributed by atoms with Crippen molar-refractivity contribution in [3.8, 4) is 0 Å². The van der Waals surface area contributed by atoms with Crippen LogP contribution in [0.1, 0.15) is 11.1 Å². The molecule has 2 aliphatic heterocycles. The van der Waals surface area contributed by atoms with Crippen LogP contribution in [0.25, 0.3) is 11.0 Å². The highest BCUT2D eigenvalue weighted by molar-refractivity contribution is 5.91. The van der Waals surface area contributed by atoms with E-state index in [0.29, 0.717) is 56.4 Å². The molecule has 0 spiro atoms. The highest BCUT2D eigenvalue weighted by Gasteiger charge is 2.37. The maximum absolute atomic E-state index is 13.6. The fraction of sp³-hybridized carbons (Fsp3) is 0.455. The number of pyridine rings is 1. The Labute approximate surface area is 196 Å². The molecular weight excluding hydrogens is 476 g/mol. The smallest absolute Gasteiger partial charge is 0.367 e. The lowest BCUT2D eigenvalue weighted by Gasteiger charge is -2.36. The van der Waals surface area contributed by atoms with Crippen LogP contribution in [0.4, 0.5) is 43.8 Å². The number of fused-ring (bicyclic) bond motifs is 1. The van der Waals surface area contributed by atoms with Crippen molar-refractivity contribution in [2.24, 2.45) is 0 Å². The van der Waals surface area contributed by atoms with E-state index in [0.717, 1.165) is 18.2 Å². The van der Waals surface area contributed by atoms with Crippen LogP contribution in [0.3, 0.4) is 0 Å². The van der Waals surface area contributed by atoms with Crippen molar-refractivity contribution in [1.29, 1.82) is 0 Å². The second-order valence-corrected chi connectivity index (χ2v) is 8.53. The van der Waals surface area contributed by atoms with Gasteiger partial charge in [-0.15, -0.1) is 0 Å². The van der Waals surface area contributed by atoms with Crippen LogP contribution in [-0.4, -0.2) is 67.3 Å². The number of hydrogen-bond donors (Lipinski definition) is 2. The van der Waals surface area contributed by atoms with Gasteiger partial charge in [0.15, 0.2) is 0 Å². The summed E-state index contributed by atoms with van der Waals surface area (Å²) in [5.74, 6) is 0.271. The maximum Gasteiger partial charge on any atom is 0.419 e. The van der Waals surface area contributed by atoms with Crippen molar-refractivity contribution in [2.45, 2.75) is 12.4 Å². The van der Waals surface area contributed by atoms with Crippen molar-refractivity contribution in [2.75, 3.05) is 67.1 Å². The van der Waals surface area contributed by atoms with Gasteiger partial charge in [-0.3, -0.25) is 0 Å². The number of hydrogen-bond acceptors (Lipinski definition) is 6. The summed E-state index contributed by atoms with van der Waals surface area (Å²) in [5, 5.41) is 3.18. The number of piperazine rings is 2. The lowest BCUT2D eigenvalue weighted by molar-refractivity contribution is -0.138. The number of alkyl halides is 6. The van der Waals surface area contributed by atoms with Crippen molar-refractivity contribution >= 4 is 28.5 Å². The molecular formula is C22H23F6N7. The third kappa shape index (κ3) is 4.68. The first-order valence-corrected chi connectivity index (χ1v) is 11.2. The van der Waals surface area contributed by atoms with E-state index in [4.69, 9.17) is 0 Å². The van der Waals surface area contributed by atoms with Crippen molar-refractivity contribution in [1.82, 2.24) is 20.3 Å². The van der Waals surface area contributed by atoms with Crippen molar-refractivity contribution in [3.63, 3.8) is 0 Å². The Morgan fingerprint density at radius 1 is 0.800 bits per heavy atom. The molecule has 2 N–H and O–H groups in total. The van der Waals surface area contributed by atoms with Gasteiger partial charge in [-0.1, -0.05) is 0 Å². The molecule has 0 atom stereocenters. The number of anilines is 3. The van der Waals surface area contributed by atoms with Gasteiger partial charge in [0.1, 0.15) is 11.3 Å². The molecule has 1 aromatic carbocycles. The second kappa shape index (κ2) is 8.77. The molecule has 5 rings (SSSR count). The van der Waals surface area contributed by atoms with Gasteiger partial charge in [0.25, 0.3) is 0 Å². The first kappa shape index (κ1) is 23.5. The molecule has 13 heteroatoms. The summed E-state index contributed by atoms with van der Waals surface area (Å²) >= 11 is 0. The summed E-state index contributed by atoms with van der Waals surface area (Å²) < 4.78 is 80.9. The largest absolute Gasteiger partial charge is 0.419 e. The fourth-order valence-electron chi connectivity index (χ4n) is 4.55. The molecule has 188 valence electrons. The quantitative estimate of drug-likeness (QED) is 0.536. The molecule has 0 bridgehead atoms. The lowest BCUT2D eigenvalue weighted by atomic mass is 10.1. The summed E-state index contributed by atoms with van der Waals surface area (Å²) in [4.78, 5) is 16.9. The lowest BCUT2D eigenvalue weighted by Crippen LogP contribution is -2.47. The first-order valence-electron chi connectivity index (χ1n) is 11.2. The molecule has 0 unspecified atom stereocenters. The molecule has 35 heavy (non-hydrogen) atoms. The molecule has 2 saturated heterocycles. The van der Waals surface area contributed by atoms with Gasteiger partial charge in [0.2, 0.25) is 5.95 Å². The minimum Gasteiger partial charge on any atom is -0.367 e. The SMILES string of the molecule is FC(F)(F)c1cc(N2CCNCC2)c2nc(N3CCN(c4ncccc4C(F)(F)F)CC3)[nH]c2c1. The zero-order chi connectivity index (χ0) is 24.8. The summed E-state index contributed by atoms with van der Waals surface area (Å²) in [6, 6.07) is 4.44. The van der Waals surface area contributed by atoms with E-state index in [1.807, 2.05) is 9.80 Å². The Hall–Kier alpha value is -3.22. The molecule has 4 heterocycles. The van der Waals surface area contributed by atoms with Crippen LogP contribution in [0.5, 0.6) is 0 Å². The Morgan fingerprint density at radius 2 is 1.49 bits per heavy atom. The number of halogens is 6. The normalized spacial score (nSPS) is 17.9. The number of imidazole rings is 1. The van der Waals surface area contributed by atoms with Gasteiger partial charge >= 0.3 is 12.4 Å². The van der Waals surface area contributed by atoms with Crippen molar-refractivity contribution in [3.05, 3.63) is 41.6 Å². The van der Waals surface area contributed by atoms with E-state index in [2.05, 4.69) is 20.3 Å². The molecule has 0 aliphatic carbocycles. The van der Waals surface area contributed by atoms with Crippen LogP contribution in [0, 0.1) is 0 Å². The summed E-state index contributed by atoms with van der Waals surface area (Å²) in [6.07, 6.45) is -7.70. The van der Waals surface area contributed by atoms with Gasteiger partial charge in [0, 0.05) is 58.6 Å². The number of nitrogens with one attached hydrogen (secondary N) is 2. The topological polar surface area (TPSA) is 63.3 Å². The number of aromatic nitrogens is 3. The third-order valence-electron chi connectivity index (χ3n) is 6.31. The Morgan fingerprint density at radius 3 is 2.14 bits per heavy atom. The minimum absolute atomic E-state index is 0.125. The Kier molecular flexibility index (Phi) is 5.90. The molecule has 3 aromatic rings. The van der Waals surface area contributed by atoms with E-state index in [1.165, 1.54) is 12.3 Å². The molecule has 2 aromatic heterocycles. The monoisotopic (exact) mass is 499 g/mol. The van der Waals surface area contributed by atoms with Gasteiger partial charge in [-0.25, -0.2) is 9.97 Å².